The van der Waals surface area contributed by atoms with E-state index < -0.39 is 60.1 Å². The lowest BCUT2D eigenvalue weighted by Gasteiger charge is -2.35. The average molecular weight is 1100 g/mol. The average Bonchev–Trinajstić information content (AvgIpc) is 4.13. The molecule has 0 spiro atoms. The minimum absolute atomic E-state index is 0.0312. The summed E-state index contributed by atoms with van der Waals surface area (Å²) in [6, 6.07) is 16.0. The maximum absolute atomic E-state index is 15.0. The molecule has 10 atom stereocenters. The number of amides is 8. The Bertz CT molecular complexity index is 2560. The van der Waals surface area contributed by atoms with Gasteiger partial charge in [0.15, 0.2) is 0 Å². The Balaban J connectivity index is 0.920. The maximum atomic E-state index is 15.0. The van der Waals surface area contributed by atoms with Gasteiger partial charge in [-0.05, 0) is 157 Å². The van der Waals surface area contributed by atoms with Gasteiger partial charge in [0.25, 0.3) is 11.8 Å². The van der Waals surface area contributed by atoms with Gasteiger partial charge < -0.3 is 52.3 Å². The minimum Gasteiger partial charge on any atom is -0.347 e. The van der Waals surface area contributed by atoms with Gasteiger partial charge >= 0.3 is 0 Å². The molecule has 3 aromatic rings. The summed E-state index contributed by atoms with van der Waals surface area (Å²) in [7, 11) is 3.38. The van der Waals surface area contributed by atoms with Gasteiger partial charge in [0.1, 0.15) is 24.2 Å². The molecule has 4 fully saturated rings. The molecule has 80 heavy (non-hydrogen) atoms. The summed E-state index contributed by atoms with van der Waals surface area (Å²) in [5, 5.41) is 24.7. The first-order valence-electron chi connectivity index (χ1n) is 29.8. The fraction of sp³-hybridized carbons (Fsp3) is 0.581. The van der Waals surface area contributed by atoms with Gasteiger partial charge in [0.05, 0.1) is 24.2 Å². The summed E-state index contributed by atoms with van der Waals surface area (Å²) >= 11 is 0. The molecule has 3 aromatic carbocycles. The number of likely N-dealkylation sites (N-methyl/N-ethyl adjacent to an activating group) is 2. The molecule has 430 valence electrons. The van der Waals surface area contributed by atoms with Crippen LogP contribution < -0.4 is 42.5 Å². The topological polar surface area (TPSA) is 239 Å². The normalized spacial score (nSPS) is 24.6. The van der Waals surface area contributed by atoms with Crippen molar-refractivity contribution < 1.29 is 38.4 Å². The lowest BCUT2D eigenvalue weighted by molar-refractivity contribution is -0.143. The Labute approximate surface area is 471 Å². The molecule has 1 unspecified atom stereocenters. The quantitative estimate of drug-likeness (QED) is 0.0865. The van der Waals surface area contributed by atoms with Crippen molar-refractivity contribution >= 4 is 47.3 Å². The highest BCUT2D eigenvalue weighted by Gasteiger charge is 2.47. The van der Waals surface area contributed by atoms with E-state index in [1.807, 2.05) is 36.4 Å². The molecule has 8 amide bonds. The van der Waals surface area contributed by atoms with Gasteiger partial charge in [-0.1, -0.05) is 93.1 Å². The number of hydrogen-bond donors (Lipinski definition) is 8. The molecule has 2 aliphatic heterocycles. The number of fused-ring (bicyclic) bond motifs is 2. The summed E-state index contributed by atoms with van der Waals surface area (Å²) in [6.45, 7) is 3.53. The van der Waals surface area contributed by atoms with E-state index in [9.17, 15) is 38.4 Å². The van der Waals surface area contributed by atoms with Crippen LogP contribution in [-0.2, 0) is 41.6 Å². The third-order valence-electron chi connectivity index (χ3n) is 18.2. The van der Waals surface area contributed by atoms with Crippen molar-refractivity contribution in [1.82, 2.24) is 52.3 Å². The zero-order valence-corrected chi connectivity index (χ0v) is 47.2. The van der Waals surface area contributed by atoms with Crippen molar-refractivity contribution in [2.45, 2.75) is 190 Å². The van der Waals surface area contributed by atoms with Gasteiger partial charge in [-0.2, -0.15) is 0 Å². The molecular weight excluding hydrogens is 1010 g/mol. The van der Waals surface area contributed by atoms with Crippen molar-refractivity contribution in [3.8, 4) is 0 Å². The maximum Gasteiger partial charge on any atom is 0.251 e. The Morgan fingerprint density at radius 3 is 1.27 bits per heavy atom. The van der Waals surface area contributed by atoms with Crippen LogP contribution in [0.1, 0.15) is 172 Å². The van der Waals surface area contributed by atoms with Crippen LogP contribution in [0.5, 0.6) is 0 Å². The minimum atomic E-state index is -0.933. The van der Waals surface area contributed by atoms with E-state index in [-0.39, 0.29) is 96.4 Å². The SMILES string of the molecule is CN[C@@H](C)C(=O)N[C@@H](C(=O)N1C[C@@H](NC(=O)c2cccc(C(=O)N[C@H]3C[C@@H](C(=O)N[C@@H]4CCCc5ccccc54)N(C(=O)[C@H](NC(=O)[C@H](C)NC)C4CCCCC4)C3)c2)CC1C(=O)N[C@@H]1CCCc2ccccc21)C1CCCCC1. The summed E-state index contributed by atoms with van der Waals surface area (Å²) in [4.78, 5) is 118. The lowest BCUT2D eigenvalue weighted by Crippen LogP contribution is -2.58. The summed E-state index contributed by atoms with van der Waals surface area (Å²) in [5.41, 5.74) is 4.84. The molecule has 2 saturated heterocycles. The fourth-order valence-electron chi connectivity index (χ4n) is 13.4. The van der Waals surface area contributed by atoms with Crippen LogP contribution in [-0.4, -0.2) is 133 Å². The molecule has 6 aliphatic rings. The van der Waals surface area contributed by atoms with E-state index >= 15 is 0 Å². The van der Waals surface area contributed by atoms with Crippen LogP contribution in [0.3, 0.4) is 0 Å². The highest BCUT2D eigenvalue weighted by Crippen LogP contribution is 2.35. The van der Waals surface area contributed by atoms with Crippen LogP contribution >= 0.6 is 0 Å². The van der Waals surface area contributed by atoms with Crippen LogP contribution in [0, 0.1) is 11.8 Å². The third-order valence-corrected chi connectivity index (χ3v) is 18.2. The number of aryl methyl sites for hydroxylation is 2. The van der Waals surface area contributed by atoms with Gasteiger partial charge in [-0.3, -0.25) is 38.4 Å². The lowest BCUT2D eigenvalue weighted by atomic mass is 9.83. The second-order valence-electron chi connectivity index (χ2n) is 23.5. The molecule has 0 bridgehead atoms. The smallest absolute Gasteiger partial charge is 0.251 e. The van der Waals surface area contributed by atoms with E-state index in [0.29, 0.717) is 0 Å². The number of likely N-dealkylation sites (tertiary alicyclic amines) is 2. The molecule has 2 heterocycles. The van der Waals surface area contributed by atoms with Crippen LogP contribution in [0.25, 0.3) is 0 Å². The number of hydrogen-bond acceptors (Lipinski definition) is 10. The van der Waals surface area contributed by atoms with Crippen LogP contribution in [0.2, 0.25) is 0 Å². The van der Waals surface area contributed by atoms with Crippen molar-refractivity contribution in [3.05, 3.63) is 106 Å². The van der Waals surface area contributed by atoms with E-state index in [1.165, 1.54) is 17.2 Å². The Kier molecular flexibility index (Phi) is 19.4. The number of benzene rings is 3. The number of carbonyl (C=O) groups is 8. The third kappa shape index (κ3) is 13.6. The number of nitrogens with zero attached hydrogens (tertiary/aromatic N) is 2. The van der Waals surface area contributed by atoms with E-state index in [2.05, 4.69) is 54.7 Å². The van der Waals surface area contributed by atoms with Gasteiger partial charge in [0, 0.05) is 36.3 Å². The summed E-state index contributed by atoms with van der Waals surface area (Å²) in [6.07, 6.45) is 14.2. The zero-order valence-electron chi connectivity index (χ0n) is 47.2. The second kappa shape index (κ2) is 26.7. The van der Waals surface area contributed by atoms with Crippen molar-refractivity contribution in [2.75, 3.05) is 27.2 Å². The van der Waals surface area contributed by atoms with Crippen molar-refractivity contribution in [1.29, 1.82) is 0 Å². The summed E-state index contributed by atoms with van der Waals surface area (Å²) in [5.74, 6) is -3.19. The van der Waals surface area contributed by atoms with Crippen molar-refractivity contribution in [3.63, 3.8) is 0 Å². The molecule has 2 saturated carbocycles. The van der Waals surface area contributed by atoms with Gasteiger partial charge in [-0.15, -0.1) is 0 Å². The highest BCUT2D eigenvalue weighted by atomic mass is 16.2. The molecule has 0 radical (unpaired) electrons. The monoisotopic (exact) mass is 1100 g/mol. The predicted molar refractivity (Wildman–Crippen MR) is 304 cm³/mol. The first-order chi connectivity index (χ1) is 38.7. The molecule has 18 nitrogen and oxygen atoms in total. The molecular formula is C62H84N10O8. The highest BCUT2D eigenvalue weighted by molar-refractivity contribution is 6.01. The largest absolute Gasteiger partial charge is 0.347 e. The van der Waals surface area contributed by atoms with E-state index in [0.717, 1.165) is 114 Å². The molecule has 8 N–H and O–H groups in total. The standard InChI is InChI=1S/C62H84N10O8/c1-37(63-3)55(73)69-53(41-20-7-5-8-21-41)61(79)71-35-45(33-51(71)59(77)67-49-30-16-24-39-18-11-13-28-47(39)49)65-57(75)43-26-15-27-44(32-43)58(76)66-46-34-52(60(78)68-50-31-17-25-40-19-12-14-29-48(40)50)72(36-46)62(80)54(42-22-9-6-10-23-42)70-56(74)38(2)64-4/h11-15,18-19,26-29,32,37-38,41-42,45-46,49-54,63-64H,5-10,16-17,20-25,30-31,33-36H2,1-4H3,(H,65,75)(H,66,76)(H,67,77)(H,68,78)(H,69,73)(H,70,74)/t37-,38-,45-,46-,49+,50+,51-,52?,53+,54+/m0/s1. The zero-order chi connectivity index (χ0) is 56.5. The molecule has 4 aliphatic carbocycles. The fourth-order valence-corrected chi connectivity index (χ4v) is 13.4. The Morgan fingerprint density at radius 1 is 0.475 bits per heavy atom. The van der Waals surface area contributed by atoms with Crippen molar-refractivity contribution in [2.24, 2.45) is 11.8 Å². The van der Waals surface area contributed by atoms with Gasteiger partial charge in [0.2, 0.25) is 35.4 Å². The number of carbonyl (C=O) groups excluding carboxylic acids is 8. The first-order valence-corrected chi connectivity index (χ1v) is 29.8. The van der Waals surface area contributed by atoms with Crippen LogP contribution in [0.15, 0.2) is 72.8 Å². The summed E-state index contributed by atoms with van der Waals surface area (Å²) < 4.78 is 0. The molecule has 9 rings (SSSR count). The van der Waals surface area contributed by atoms with Gasteiger partial charge in [-0.25, -0.2) is 0 Å². The molecule has 18 heteroatoms. The van der Waals surface area contributed by atoms with E-state index in [4.69, 9.17) is 0 Å². The van der Waals surface area contributed by atoms with E-state index in [1.54, 1.807) is 55.9 Å². The Hall–Kier alpha value is -6.66. The Morgan fingerprint density at radius 2 is 0.875 bits per heavy atom. The first kappa shape index (κ1) is 58.0. The molecule has 0 aromatic heterocycles. The predicted octanol–water partition coefficient (Wildman–Crippen LogP) is 4.82. The van der Waals surface area contributed by atoms with Crippen LogP contribution in [0.4, 0.5) is 0 Å². The number of nitrogens with one attached hydrogen (secondary N) is 8. The second-order valence-corrected chi connectivity index (χ2v) is 23.5. The number of rotatable bonds is 18.